The molecule has 7 heteroatoms. The Morgan fingerprint density at radius 2 is 1.89 bits per heavy atom. The van der Waals surface area contributed by atoms with Crippen molar-refractivity contribution in [1.29, 1.82) is 0 Å². The first kappa shape index (κ1) is 18.2. The van der Waals surface area contributed by atoms with E-state index in [9.17, 15) is 4.79 Å². The standard InChI is InChI=1S/C12H20N4O.2ClH/c1-10(2)9-16-12(17)4-3-11(14-16)15-7-5-13-6-8-15;;/h3-4,10,13H,5-9H2,1-2H3;2*1H. The van der Waals surface area contributed by atoms with Gasteiger partial charge in [-0.15, -0.1) is 24.8 Å². The Hall–Kier alpha value is -0.780. The summed E-state index contributed by atoms with van der Waals surface area (Å²) in [5.74, 6) is 1.34. The SMILES string of the molecule is CC(C)Cn1nc(N2CCNCC2)ccc1=O.Cl.Cl. The van der Waals surface area contributed by atoms with Crippen molar-refractivity contribution in [3.8, 4) is 0 Å². The van der Waals surface area contributed by atoms with Crippen LogP contribution in [0, 0.1) is 5.92 Å². The third-order valence-electron chi connectivity index (χ3n) is 2.83. The summed E-state index contributed by atoms with van der Waals surface area (Å²) in [5, 5.41) is 7.74. The molecule has 0 spiro atoms. The van der Waals surface area contributed by atoms with Gasteiger partial charge in [0, 0.05) is 38.8 Å². The van der Waals surface area contributed by atoms with Crippen LogP contribution < -0.4 is 15.8 Å². The van der Waals surface area contributed by atoms with Crippen LogP contribution in [0.5, 0.6) is 0 Å². The number of nitrogens with one attached hydrogen (secondary N) is 1. The number of piperazine rings is 1. The Kier molecular flexibility index (Phi) is 8.06. The van der Waals surface area contributed by atoms with Gasteiger partial charge in [-0.1, -0.05) is 13.8 Å². The Labute approximate surface area is 126 Å². The smallest absolute Gasteiger partial charge is 0.266 e. The number of nitrogens with zero attached hydrogens (tertiary/aromatic N) is 3. The summed E-state index contributed by atoms with van der Waals surface area (Å²) in [6, 6.07) is 3.44. The third kappa shape index (κ3) is 5.01. The molecule has 0 radical (unpaired) electrons. The molecule has 0 amide bonds. The summed E-state index contributed by atoms with van der Waals surface area (Å²) in [6.45, 7) is 8.71. The van der Waals surface area contributed by atoms with Gasteiger partial charge in [-0.2, -0.15) is 5.10 Å². The lowest BCUT2D eigenvalue weighted by atomic mass is 10.2. The first-order valence-corrected chi connectivity index (χ1v) is 6.20. The van der Waals surface area contributed by atoms with Crippen LogP contribution in [0.1, 0.15) is 13.8 Å². The van der Waals surface area contributed by atoms with Crippen LogP contribution in [0.4, 0.5) is 5.82 Å². The molecule has 5 nitrogen and oxygen atoms in total. The van der Waals surface area contributed by atoms with Gasteiger partial charge < -0.3 is 10.2 Å². The normalized spacial score (nSPS) is 14.8. The molecule has 0 atom stereocenters. The fraction of sp³-hybridized carbons (Fsp3) is 0.667. The van der Waals surface area contributed by atoms with Crippen LogP contribution in [0.25, 0.3) is 0 Å². The van der Waals surface area contributed by atoms with Gasteiger partial charge in [-0.3, -0.25) is 4.79 Å². The number of aromatic nitrogens is 2. The fourth-order valence-electron chi connectivity index (χ4n) is 1.98. The lowest BCUT2D eigenvalue weighted by Gasteiger charge is -2.28. The van der Waals surface area contributed by atoms with Crippen molar-refractivity contribution in [3.05, 3.63) is 22.5 Å². The van der Waals surface area contributed by atoms with E-state index in [0.717, 1.165) is 32.0 Å². The third-order valence-corrected chi connectivity index (χ3v) is 2.83. The fourth-order valence-corrected chi connectivity index (χ4v) is 1.98. The molecule has 0 aromatic carbocycles. The van der Waals surface area contributed by atoms with Gasteiger partial charge in [-0.25, -0.2) is 4.68 Å². The average molecular weight is 309 g/mol. The number of hydrogen-bond acceptors (Lipinski definition) is 4. The average Bonchev–Trinajstić information content (AvgIpc) is 2.32. The van der Waals surface area contributed by atoms with Crippen molar-refractivity contribution in [1.82, 2.24) is 15.1 Å². The molecule has 110 valence electrons. The molecule has 0 saturated carbocycles. The lowest BCUT2D eigenvalue weighted by Crippen LogP contribution is -2.44. The number of rotatable bonds is 3. The molecule has 1 aromatic rings. The van der Waals surface area contributed by atoms with Crippen molar-refractivity contribution in [3.63, 3.8) is 0 Å². The zero-order valence-electron chi connectivity index (χ0n) is 11.3. The van der Waals surface area contributed by atoms with E-state index < -0.39 is 0 Å². The van der Waals surface area contributed by atoms with E-state index in [1.165, 1.54) is 0 Å². The van der Waals surface area contributed by atoms with Gasteiger partial charge in [0.15, 0.2) is 0 Å². The zero-order chi connectivity index (χ0) is 12.3. The largest absolute Gasteiger partial charge is 0.353 e. The first-order chi connectivity index (χ1) is 8.16. The molecule has 19 heavy (non-hydrogen) atoms. The summed E-state index contributed by atoms with van der Waals surface area (Å²) < 4.78 is 1.57. The van der Waals surface area contributed by atoms with Crippen LogP contribution in [0.15, 0.2) is 16.9 Å². The van der Waals surface area contributed by atoms with Crippen molar-refractivity contribution >= 4 is 30.6 Å². The molecule has 0 unspecified atom stereocenters. The van der Waals surface area contributed by atoms with Gasteiger partial charge in [0.05, 0.1) is 0 Å². The van der Waals surface area contributed by atoms with Crippen LogP contribution in [0.3, 0.4) is 0 Å². The van der Waals surface area contributed by atoms with Gasteiger partial charge in [-0.05, 0) is 12.0 Å². The minimum absolute atomic E-state index is 0. The highest BCUT2D eigenvalue weighted by atomic mass is 35.5. The quantitative estimate of drug-likeness (QED) is 0.910. The summed E-state index contributed by atoms with van der Waals surface area (Å²) in [6.07, 6.45) is 0. The maximum atomic E-state index is 11.7. The van der Waals surface area contributed by atoms with Crippen LogP contribution >= 0.6 is 24.8 Å². The second-order valence-corrected chi connectivity index (χ2v) is 4.84. The van der Waals surface area contributed by atoms with E-state index in [1.807, 2.05) is 6.07 Å². The molecule has 1 aliphatic rings. The predicted octanol–water partition coefficient (Wildman–Crippen LogP) is 1.15. The highest BCUT2D eigenvalue weighted by molar-refractivity contribution is 5.85. The summed E-state index contributed by atoms with van der Waals surface area (Å²) in [4.78, 5) is 13.9. The van der Waals surface area contributed by atoms with E-state index in [2.05, 4.69) is 29.2 Å². The maximum absolute atomic E-state index is 11.7. The number of hydrogen-bond donors (Lipinski definition) is 1. The van der Waals surface area contributed by atoms with E-state index in [1.54, 1.807) is 10.7 Å². The summed E-state index contributed by atoms with van der Waals surface area (Å²) >= 11 is 0. The molecule has 0 aliphatic carbocycles. The van der Waals surface area contributed by atoms with Crippen LogP contribution in [0.2, 0.25) is 0 Å². The van der Waals surface area contributed by atoms with Crippen molar-refractivity contribution < 1.29 is 0 Å². The van der Waals surface area contributed by atoms with Gasteiger partial charge in [0.2, 0.25) is 0 Å². The van der Waals surface area contributed by atoms with Crippen LogP contribution in [-0.4, -0.2) is 36.0 Å². The molecule has 1 aliphatic heterocycles. The maximum Gasteiger partial charge on any atom is 0.266 e. The van der Waals surface area contributed by atoms with Crippen molar-refractivity contribution in [2.75, 3.05) is 31.1 Å². The van der Waals surface area contributed by atoms with Crippen molar-refractivity contribution in [2.45, 2.75) is 20.4 Å². The Morgan fingerprint density at radius 3 is 2.47 bits per heavy atom. The number of halogens is 2. The molecular formula is C12H22Cl2N4O. The Morgan fingerprint density at radius 1 is 1.26 bits per heavy atom. The van der Waals surface area contributed by atoms with Crippen LogP contribution in [-0.2, 0) is 6.54 Å². The molecule has 2 rings (SSSR count). The molecule has 1 N–H and O–H groups in total. The van der Waals surface area contributed by atoms with Gasteiger partial charge in [0.25, 0.3) is 5.56 Å². The number of anilines is 1. The topological polar surface area (TPSA) is 50.2 Å². The van der Waals surface area contributed by atoms with E-state index in [0.29, 0.717) is 12.5 Å². The second-order valence-electron chi connectivity index (χ2n) is 4.84. The highest BCUT2D eigenvalue weighted by Gasteiger charge is 2.12. The first-order valence-electron chi connectivity index (χ1n) is 6.20. The van der Waals surface area contributed by atoms with E-state index in [4.69, 9.17) is 0 Å². The molecule has 1 fully saturated rings. The Balaban J connectivity index is 0.00000162. The van der Waals surface area contributed by atoms with E-state index >= 15 is 0 Å². The minimum Gasteiger partial charge on any atom is -0.353 e. The second kappa shape index (κ2) is 8.40. The lowest BCUT2D eigenvalue weighted by molar-refractivity contribution is 0.460. The zero-order valence-corrected chi connectivity index (χ0v) is 13.0. The monoisotopic (exact) mass is 308 g/mol. The molecule has 1 saturated heterocycles. The molecule has 1 aromatic heterocycles. The van der Waals surface area contributed by atoms with Gasteiger partial charge >= 0.3 is 0 Å². The van der Waals surface area contributed by atoms with Crippen molar-refractivity contribution in [2.24, 2.45) is 5.92 Å². The van der Waals surface area contributed by atoms with Gasteiger partial charge in [0.1, 0.15) is 5.82 Å². The Bertz CT molecular complexity index is 430. The highest BCUT2D eigenvalue weighted by Crippen LogP contribution is 2.08. The molecule has 2 heterocycles. The molecule has 0 bridgehead atoms. The summed E-state index contributed by atoms with van der Waals surface area (Å²) in [7, 11) is 0. The molecular weight excluding hydrogens is 287 g/mol. The summed E-state index contributed by atoms with van der Waals surface area (Å²) in [5.41, 5.74) is -0.0161. The minimum atomic E-state index is -0.0161. The van der Waals surface area contributed by atoms with E-state index in [-0.39, 0.29) is 30.4 Å². The predicted molar refractivity (Wildman–Crippen MR) is 82.9 cm³/mol.